The molecule has 0 fully saturated rings. The van der Waals surface area contributed by atoms with Crippen LogP contribution in [0.2, 0.25) is 0 Å². The summed E-state index contributed by atoms with van der Waals surface area (Å²) in [6.45, 7) is 1.34. The molecule has 9 heteroatoms. The Labute approximate surface area is 178 Å². The molecule has 1 aliphatic heterocycles. The van der Waals surface area contributed by atoms with E-state index in [4.69, 9.17) is 4.18 Å². The number of fused-ring (bicyclic) bond motifs is 1. The van der Waals surface area contributed by atoms with Gasteiger partial charge in [0.1, 0.15) is 10.6 Å². The lowest BCUT2D eigenvalue weighted by atomic mass is 10.1. The van der Waals surface area contributed by atoms with Crippen LogP contribution < -0.4 is 14.4 Å². The molecule has 0 aliphatic carbocycles. The molecular formula is C22H16N2O6S. The fourth-order valence-corrected chi connectivity index (χ4v) is 4.10. The van der Waals surface area contributed by atoms with Crippen LogP contribution in [0.25, 0.3) is 0 Å². The molecule has 0 saturated carbocycles. The van der Waals surface area contributed by atoms with E-state index in [9.17, 15) is 22.8 Å². The summed E-state index contributed by atoms with van der Waals surface area (Å²) < 4.78 is 30.4. The molecule has 1 N–H and O–H groups in total. The smallest absolute Gasteiger partial charge is 0.339 e. The minimum atomic E-state index is -4.18. The van der Waals surface area contributed by atoms with Crippen LogP contribution in [-0.2, 0) is 14.9 Å². The molecule has 4 rings (SSSR count). The Balaban J connectivity index is 1.59. The van der Waals surface area contributed by atoms with Gasteiger partial charge in [-0.3, -0.25) is 14.4 Å². The average molecular weight is 436 g/mol. The third kappa shape index (κ3) is 3.90. The van der Waals surface area contributed by atoms with Gasteiger partial charge in [-0.05, 0) is 48.5 Å². The SMILES string of the molecule is CC(=O)Nc1ccc(S(=O)(=O)Oc2cccc(N3C(=O)c4ccccc4C3=O)c2)cc1. The molecule has 0 radical (unpaired) electrons. The van der Waals surface area contributed by atoms with Crippen molar-refractivity contribution < 1.29 is 27.0 Å². The minimum Gasteiger partial charge on any atom is -0.379 e. The summed E-state index contributed by atoms with van der Waals surface area (Å²) >= 11 is 0. The van der Waals surface area contributed by atoms with Gasteiger partial charge in [-0.2, -0.15) is 8.42 Å². The van der Waals surface area contributed by atoms with Crippen molar-refractivity contribution in [3.63, 3.8) is 0 Å². The Morgan fingerprint density at radius 2 is 1.48 bits per heavy atom. The van der Waals surface area contributed by atoms with Gasteiger partial charge in [0, 0.05) is 18.7 Å². The summed E-state index contributed by atoms with van der Waals surface area (Å²) in [6.07, 6.45) is 0. The highest BCUT2D eigenvalue weighted by atomic mass is 32.2. The highest BCUT2D eigenvalue weighted by Gasteiger charge is 2.36. The van der Waals surface area contributed by atoms with Crippen molar-refractivity contribution in [2.24, 2.45) is 0 Å². The van der Waals surface area contributed by atoms with Crippen LogP contribution in [0.3, 0.4) is 0 Å². The van der Waals surface area contributed by atoms with E-state index < -0.39 is 21.9 Å². The van der Waals surface area contributed by atoms with Gasteiger partial charge in [-0.25, -0.2) is 4.90 Å². The highest BCUT2D eigenvalue weighted by Crippen LogP contribution is 2.31. The summed E-state index contributed by atoms with van der Waals surface area (Å²) in [5.41, 5.74) is 1.20. The van der Waals surface area contributed by atoms with Crippen LogP contribution in [0.1, 0.15) is 27.6 Å². The lowest BCUT2D eigenvalue weighted by Gasteiger charge is -2.15. The normalized spacial score (nSPS) is 13.1. The number of amides is 3. The van der Waals surface area contributed by atoms with Crippen molar-refractivity contribution in [2.75, 3.05) is 10.2 Å². The van der Waals surface area contributed by atoms with Crippen LogP contribution in [0, 0.1) is 0 Å². The van der Waals surface area contributed by atoms with Gasteiger partial charge in [-0.1, -0.05) is 18.2 Å². The Kier molecular flexibility index (Phi) is 5.04. The second-order valence-corrected chi connectivity index (χ2v) is 8.28. The standard InChI is InChI=1S/C22H16N2O6S/c1-14(25)23-15-9-11-18(12-10-15)31(28,29)30-17-6-4-5-16(13-17)24-21(26)19-7-2-3-8-20(19)22(24)27/h2-13H,1H3,(H,23,25). The number of rotatable bonds is 5. The molecule has 0 unspecified atom stereocenters. The maximum atomic E-state index is 12.7. The molecule has 3 aromatic carbocycles. The van der Waals surface area contributed by atoms with Crippen LogP contribution in [0.5, 0.6) is 5.75 Å². The summed E-state index contributed by atoms with van der Waals surface area (Å²) in [5, 5.41) is 2.54. The molecule has 3 amide bonds. The monoisotopic (exact) mass is 436 g/mol. The van der Waals surface area contributed by atoms with Crippen LogP contribution in [0.4, 0.5) is 11.4 Å². The average Bonchev–Trinajstić information content (AvgIpc) is 2.98. The van der Waals surface area contributed by atoms with Gasteiger partial charge < -0.3 is 9.50 Å². The number of carbonyl (C=O) groups excluding carboxylic acids is 3. The van der Waals surface area contributed by atoms with Crippen molar-refractivity contribution in [3.8, 4) is 5.75 Å². The molecule has 0 saturated heterocycles. The molecule has 8 nitrogen and oxygen atoms in total. The predicted octanol–water partition coefficient (Wildman–Crippen LogP) is 3.21. The highest BCUT2D eigenvalue weighted by molar-refractivity contribution is 7.87. The van der Waals surface area contributed by atoms with Gasteiger partial charge in [0.15, 0.2) is 0 Å². The molecule has 156 valence electrons. The maximum Gasteiger partial charge on any atom is 0.339 e. The zero-order valence-electron chi connectivity index (χ0n) is 16.2. The first kappa shape index (κ1) is 20.3. The Morgan fingerprint density at radius 3 is 2.06 bits per heavy atom. The number of benzene rings is 3. The van der Waals surface area contributed by atoms with Gasteiger partial charge in [0.2, 0.25) is 5.91 Å². The van der Waals surface area contributed by atoms with Gasteiger partial charge in [0.25, 0.3) is 11.8 Å². The van der Waals surface area contributed by atoms with E-state index in [1.807, 2.05) is 0 Å². The molecule has 0 spiro atoms. The van der Waals surface area contributed by atoms with E-state index >= 15 is 0 Å². The number of anilines is 2. The summed E-state index contributed by atoms with van der Waals surface area (Å²) in [4.78, 5) is 37.3. The third-order valence-electron chi connectivity index (χ3n) is 4.54. The number of nitrogens with one attached hydrogen (secondary N) is 1. The predicted molar refractivity (Wildman–Crippen MR) is 113 cm³/mol. The third-order valence-corrected chi connectivity index (χ3v) is 5.80. The van der Waals surface area contributed by atoms with Crippen molar-refractivity contribution in [3.05, 3.63) is 83.9 Å². The van der Waals surface area contributed by atoms with Gasteiger partial charge >= 0.3 is 10.1 Å². The quantitative estimate of drug-likeness (QED) is 0.486. The van der Waals surface area contributed by atoms with E-state index in [1.165, 1.54) is 55.5 Å². The Bertz CT molecular complexity index is 1280. The van der Waals surface area contributed by atoms with E-state index in [2.05, 4.69) is 5.32 Å². The molecule has 0 bridgehead atoms. The van der Waals surface area contributed by atoms with E-state index in [-0.39, 0.29) is 33.4 Å². The largest absolute Gasteiger partial charge is 0.379 e. The number of imide groups is 1. The lowest BCUT2D eigenvalue weighted by Crippen LogP contribution is -2.29. The van der Waals surface area contributed by atoms with Crippen molar-refractivity contribution in [1.29, 1.82) is 0 Å². The first-order valence-corrected chi connectivity index (χ1v) is 10.6. The van der Waals surface area contributed by atoms with Crippen molar-refractivity contribution in [1.82, 2.24) is 0 Å². The fourth-order valence-electron chi connectivity index (χ4n) is 3.18. The summed E-state index contributed by atoms with van der Waals surface area (Å²) in [7, 11) is -4.18. The van der Waals surface area contributed by atoms with Crippen molar-refractivity contribution >= 4 is 39.2 Å². The second-order valence-electron chi connectivity index (χ2n) is 6.73. The lowest BCUT2D eigenvalue weighted by molar-refractivity contribution is -0.114. The molecule has 1 aliphatic rings. The topological polar surface area (TPSA) is 110 Å². The summed E-state index contributed by atoms with van der Waals surface area (Å²) in [6, 6.07) is 17.6. The fraction of sp³-hybridized carbons (Fsp3) is 0.0455. The van der Waals surface area contributed by atoms with Gasteiger partial charge in [-0.15, -0.1) is 0 Å². The van der Waals surface area contributed by atoms with E-state index in [1.54, 1.807) is 24.3 Å². The second kappa shape index (κ2) is 7.69. The number of hydrogen-bond acceptors (Lipinski definition) is 6. The van der Waals surface area contributed by atoms with E-state index in [0.29, 0.717) is 5.69 Å². The molecule has 1 heterocycles. The number of nitrogens with zero attached hydrogens (tertiary/aromatic N) is 1. The summed E-state index contributed by atoms with van der Waals surface area (Å²) in [5.74, 6) is -1.32. The molecule has 0 atom stereocenters. The number of carbonyl (C=O) groups is 3. The van der Waals surface area contributed by atoms with Crippen LogP contribution in [0.15, 0.2) is 77.7 Å². The van der Waals surface area contributed by atoms with Crippen LogP contribution in [-0.4, -0.2) is 26.1 Å². The zero-order valence-corrected chi connectivity index (χ0v) is 17.0. The molecular weight excluding hydrogens is 420 g/mol. The van der Waals surface area contributed by atoms with Crippen LogP contribution >= 0.6 is 0 Å². The Morgan fingerprint density at radius 1 is 0.871 bits per heavy atom. The van der Waals surface area contributed by atoms with E-state index in [0.717, 1.165) is 4.90 Å². The number of hydrogen-bond donors (Lipinski definition) is 1. The first-order valence-electron chi connectivity index (χ1n) is 9.16. The Hall–Kier alpha value is -3.98. The maximum absolute atomic E-state index is 12.7. The molecule has 0 aromatic heterocycles. The minimum absolute atomic E-state index is 0.0556. The molecule has 3 aromatic rings. The van der Waals surface area contributed by atoms with Gasteiger partial charge in [0.05, 0.1) is 16.8 Å². The molecule has 31 heavy (non-hydrogen) atoms. The van der Waals surface area contributed by atoms with Crippen molar-refractivity contribution in [2.45, 2.75) is 11.8 Å². The zero-order chi connectivity index (χ0) is 22.2. The first-order chi connectivity index (χ1) is 14.8.